The minimum Gasteiger partial charge on any atom is -0.507 e. The van der Waals surface area contributed by atoms with E-state index in [1.54, 1.807) is 18.5 Å². The predicted molar refractivity (Wildman–Crippen MR) is 114 cm³/mol. The van der Waals surface area contributed by atoms with Gasteiger partial charge in [-0.3, -0.25) is 9.88 Å². The molecule has 32 heavy (non-hydrogen) atoms. The monoisotopic (exact) mass is 447 g/mol. The van der Waals surface area contributed by atoms with Crippen LogP contribution in [0.4, 0.5) is 19.0 Å². The molecule has 170 valence electrons. The largest absolute Gasteiger partial charge is 0.507 e. The van der Waals surface area contributed by atoms with Crippen molar-refractivity contribution in [3.8, 4) is 17.0 Å². The van der Waals surface area contributed by atoms with E-state index in [9.17, 15) is 23.4 Å². The lowest BCUT2D eigenvalue weighted by atomic mass is 10.0. The van der Waals surface area contributed by atoms with Crippen LogP contribution >= 0.6 is 0 Å². The molecule has 0 bridgehead atoms. The van der Waals surface area contributed by atoms with Gasteiger partial charge in [0.1, 0.15) is 11.4 Å². The molecule has 1 unspecified atom stereocenters. The molecule has 1 saturated heterocycles. The zero-order chi connectivity index (χ0) is 22.9. The van der Waals surface area contributed by atoms with Crippen LogP contribution in [-0.2, 0) is 6.18 Å². The molecule has 0 saturated carbocycles. The quantitative estimate of drug-likeness (QED) is 0.549. The van der Waals surface area contributed by atoms with E-state index in [1.807, 2.05) is 6.92 Å². The minimum absolute atomic E-state index is 0.0640. The molecule has 0 radical (unpaired) electrons. The maximum atomic E-state index is 13.0. The summed E-state index contributed by atoms with van der Waals surface area (Å²) in [6.45, 7) is 3.73. The van der Waals surface area contributed by atoms with Gasteiger partial charge in [0.2, 0.25) is 0 Å². The van der Waals surface area contributed by atoms with Crippen LogP contribution in [0.3, 0.4) is 0 Å². The third-order valence-corrected chi connectivity index (χ3v) is 5.84. The van der Waals surface area contributed by atoms with Crippen LogP contribution in [0.5, 0.6) is 5.75 Å². The summed E-state index contributed by atoms with van der Waals surface area (Å²) in [7, 11) is 0. The number of fused-ring (bicyclic) bond motifs is 1. The van der Waals surface area contributed by atoms with Crippen molar-refractivity contribution in [3.63, 3.8) is 0 Å². The van der Waals surface area contributed by atoms with Crippen LogP contribution in [0, 0.1) is 0 Å². The number of likely N-dealkylation sites (tertiary alicyclic amines) is 1. The van der Waals surface area contributed by atoms with Crippen LogP contribution in [-0.4, -0.2) is 62.1 Å². The van der Waals surface area contributed by atoms with Crippen LogP contribution in [0.15, 0.2) is 36.7 Å². The van der Waals surface area contributed by atoms with Crippen molar-refractivity contribution < 1.29 is 23.4 Å². The van der Waals surface area contributed by atoms with Crippen molar-refractivity contribution in [1.82, 2.24) is 20.1 Å². The molecule has 1 aliphatic rings. The number of nitrogens with zero attached hydrogens (tertiary/aromatic N) is 4. The number of hydrogen-bond acceptors (Lipinski definition) is 7. The van der Waals surface area contributed by atoms with E-state index in [-0.39, 0.29) is 29.9 Å². The van der Waals surface area contributed by atoms with Gasteiger partial charge in [-0.15, -0.1) is 10.2 Å². The maximum Gasteiger partial charge on any atom is 0.416 e. The van der Waals surface area contributed by atoms with Crippen molar-refractivity contribution in [2.45, 2.75) is 38.0 Å². The highest BCUT2D eigenvalue weighted by Crippen LogP contribution is 2.38. The second kappa shape index (κ2) is 8.87. The van der Waals surface area contributed by atoms with Crippen molar-refractivity contribution in [3.05, 3.63) is 42.2 Å². The lowest BCUT2D eigenvalue weighted by Gasteiger charge is -2.36. The maximum absolute atomic E-state index is 13.0. The van der Waals surface area contributed by atoms with Crippen molar-refractivity contribution in [2.24, 2.45) is 0 Å². The summed E-state index contributed by atoms with van der Waals surface area (Å²) in [5, 5.41) is 32.9. The Labute approximate surface area is 182 Å². The number of piperidine rings is 1. The average molecular weight is 447 g/mol. The summed E-state index contributed by atoms with van der Waals surface area (Å²) in [5.74, 6) is 0.000567. The fourth-order valence-corrected chi connectivity index (χ4v) is 4.04. The first-order chi connectivity index (χ1) is 15.3. The predicted octanol–water partition coefficient (Wildman–Crippen LogP) is 3.67. The zero-order valence-corrected chi connectivity index (χ0v) is 17.5. The van der Waals surface area contributed by atoms with Gasteiger partial charge in [-0.1, -0.05) is 0 Å². The number of pyridine rings is 1. The van der Waals surface area contributed by atoms with E-state index < -0.39 is 17.5 Å². The number of anilines is 1. The molecule has 0 spiro atoms. The Kier molecular flexibility index (Phi) is 6.16. The molecule has 0 aliphatic carbocycles. The Hall–Kier alpha value is -2.98. The molecule has 3 heterocycles. The minimum atomic E-state index is -4.55. The van der Waals surface area contributed by atoms with E-state index in [1.165, 1.54) is 6.07 Å². The highest BCUT2D eigenvalue weighted by Gasteiger charge is 2.31. The molecule has 7 nitrogen and oxygen atoms in total. The van der Waals surface area contributed by atoms with E-state index in [0.717, 1.165) is 32.0 Å². The third kappa shape index (κ3) is 4.46. The van der Waals surface area contributed by atoms with Crippen LogP contribution in [0.1, 0.15) is 25.3 Å². The van der Waals surface area contributed by atoms with Gasteiger partial charge >= 0.3 is 6.18 Å². The lowest BCUT2D eigenvalue weighted by Crippen LogP contribution is -2.47. The fraction of sp³-hybridized carbons (Fsp3) is 0.409. The van der Waals surface area contributed by atoms with Crippen molar-refractivity contribution in [1.29, 1.82) is 0 Å². The molecular weight excluding hydrogens is 423 g/mol. The standard InChI is InChI=1S/C22H24F3N5O2/c1-13(12-31)30-8-2-3-15(11-30)27-21-18-10-26-7-6-16(18)20(28-29-21)17-5-4-14(9-19(17)32)22(23,24)25/h4-7,9-10,13,15,31-32H,2-3,8,11-12H2,1H3,(H,27,29)/t13?,15-/m1/s1. The van der Waals surface area contributed by atoms with Crippen LogP contribution < -0.4 is 5.32 Å². The normalized spacial score (nSPS) is 18.6. The van der Waals surface area contributed by atoms with Gasteiger partial charge in [0.05, 0.1) is 12.2 Å². The molecule has 3 aromatic rings. The van der Waals surface area contributed by atoms with E-state index in [0.29, 0.717) is 22.7 Å². The molecule has 2 aromatic heterocycles. The highest BCUT2D eigenvalue weighted by molar-refractivity contribution is 6.00. The van der Waals surface area contributed by atoms with Gasteiger partial charge in [0.15, 0.2) is 5.82 Å². The van der Waals surface area contributed by atoms with Crippen LogP contribution in [0.2, 0.25) is 0 Å². The smallest absolute Gasteiger partial charge is 0.416 e. The summed E-state index contributed by atoms with van der Waals surface area (Å²) < 4.78 is 38.9. The zero-order valence-electron chi connectivity index (χ0n) is 17.5. The summed E-state index contributed by atoms with van der Waals surface area (Å²) in [4.78, 5) is 6.38. The molecule has 1 aliphatic heterocycles. The van der Waals surface area contributed by atoms with Crippen molar-refractivity contribution >= 4 is 16.6 Å². The van der Waals surface area contributed by atoms with Crippen molar-refractivity contribution in [2.75, 3.05) is 25.0 Å². The number of aliphatic hydroxyl groups is 1. The van der Waals surface area contributed by atoms with Gasteiger partial charge < -0.3 is 15.5 Å². The van der Waals surface area contributed by atoms with Gasteiger partial charge in [-0.25, -0.2) is 0 Å². The number of nitrogens with one attached hydrogen (secondary N) is 1. The van der Waals surface area contributed by atoms with E-state index in [2.05, 4.69) is 25.4 Å². The number of aliphatic hydroxyl groups excluding tert-OH is 1. The molecule has 3 N–H and O–H groups in total. The Morgan fingerprint density at radius 1 is 1.22 bits per heavy atom. The lowest BCUT2D eigenvalue weighted by molar-refractivity contribution is -0.137. The summed E-state index contributed by atoms with van der Waals surface area (Å²) in [6.07, 6.45) is 0.531. The second-order valence-electron chi connectivity index (χ2n) is 8.06. The molecule has 2 atom stereocenters. The fourth-order valence-electron chi connectivity index (χ4n) is 4.04. The number of rotatable bonds is 5. The average Bonchev–Trinajstić information content (AvgIpc) is 2.78. The molecule has 1 fully saturated rings. The first-order valence-corrected chi connectivity index (χ1v) is 10.4. The van der Waals surface area contributed by atoms with Gasteiger partial charge in [-0.05, 0) is 50.6 Å². The number of aromatic nitrogens is 3. The number of phenols is 1. The number of alkyl halides is 3. The first-order valence-electron chi connectivity index (χ1n) is 10.4. The molecule has 1 aromatic carbocycles. The number of halogens is 3. The van der Waals surface area contributed by atoms with Gasteiger partial charge in [-0.2, -0.15) is 13.2 Å². The Balaban J connectivity index is 1.67. The topological polar surface area (TPSA) is 94.4 Å². The highest BCUT2D eigenvalue weighted by atomic mass is 19.4. The Morgan fingerprint density at radius 2 is 2.03 bits per heavy atom. The van der Waals surface area contributed by atoms with E-state index >= 15 is 0 Å². The third-order valence-electron chi connectivity index (χ3n) is 5.84. The van der Waals surface area contributed by atoms with Crippen LogP contribution in [0.25, 0.3) is 22.0 Å². The summed E-state index contributed by atoms with van der Waals surface area (Å²) in [6, 6.07) is 4.66. The number of benzene rings is 1. The van der Waals surface area contributed by atoms with Gasteiger partial charge in [0, 0.05) is 47.4 Å². The summed E-state index contributed by atoms with van der Waals surface area (Å²) >= 11 is 0. The number of phenolic OH excluding ortho intramolecular Hbond substituents is 1. The molecule has 4 rings (SSSR count). The Bertz CT molecular complexity index is 1110. The van der Waals surface area contributed by atoms with Gasteiger partial charge in [0.25, 0.3) is 0 Å². The van der Waals surface area contributed by atoms with E-state index in [4.69, 9.17) is 0 Å². The molecule has 0 amide bonds. The molecule has 10 heteroatoms. The second-order valence-corrected chi connectivity index (χ2v) is 8.06. The SMILES string of the molecule is CC(CO)N1CCC[C@@H](Nc2nnc(-c3ccc(C(F)(F)F)cc3O)c3ccncc23)C1. The molecular formula is C22H24F3N5O2. The first kappa shape index (κ1) is 22.2. The Morgan fingerprint density at radius 3 is 2.75 bits per heavy atom. The number of hydrogen-bond donors (Lipinski definition) is 3. The summed E-state index contributed by atoms with van der Waals surface area (Å²) in [5.41, 5.74) is -0.498. The number of aromatic hydroxyl groups is 1.